The van der Waals surface area contributed by atoms with Crippen molar-refractivity contribution >= 4 is 16.0 Å². The topological polar surface area (TPSA) is 85.4 Å². The second-order valence-electron chi connectivity index (χ2n) is 3.50. The summed E-state index contributed by atoms with van der Waals surface area (Å²) in [4.78, 5) is 14.9. The summed E-state index contributed by atoms with van der Waals surface area (Å²) in [5.74, 6) is -0.321. The number of nitrogens with one attached hydrogen (secondary N) is 1. The summed E-state index contributed by atoms with van der Waals surface area (Å²) in [5.41, 5.74) is 0. The fourth-order valence-electron chi connectivity index (χ4n) is 1.26. The van der Waals surface area contributed by atoms with Crippen LogP contribution in [-0.2, 0) is 19.6 Å². The Bertz CT molecular complexity index is 473. The van der Waals surface area contributed by atoms with Crippen molar-refractivity contribution < 1.29 is 17.9 Å². The molecule has 0 fully saturated rings. The quantitative estimate of drug-likeness (QED) is 0.583. The van der Waals surface area contributed by atoms with E-state index in [0.717, 1.165) is 0 Å². The molecule has 1 rings (SSSR count). The van der Waals surface area contributed by atoms with E-state index < -0.39 is 10.0 Å². The Morgan fingerprint density at radius 2 is 2.28 bits per heavy atom. The largest absolute Gasteiger partial charge is 0.466 e. The van der Waals surface area contributed by atoms with E-state index in [1.165, 1.54) is 18.5 Å². The Hall–Kier alpha value is -1.47. The number of carbonyl (C=O) groups is 1. The molecule has 0 unspecified atom stereocenters. The maximum atomic E-state index is 11.7. The highest BCUT2D eigenvalue weighted by Crippen LogP contribution is 2.05. The van der Waals surface area contributed by atoms with Crippen molar-refractivity contribution in [2.24, 2.45) is 0 Å². The lowest BCUT2D eigenvalue weighted by atomic mass is 10.3. The highest BCUT2D eigenvalue weighted by Gasteiger charge is 2.13. The first-order chi connectivity index (χ1) is 8.56. The van der Waals surface area contributed by atoms with Crippen molar-refractivity contribution in [1.82, 2.24) is 9.71 Å². The van der Waals surface area contributed by atoms with Gasteiger partial charge in [0.05, 0.1) is 6.61 Å². The predicted molar refractivity (Wildman–Crippen MR) is 65.3 cm³/mol. The number of ether oxygens (including phenoxy) is 1. The molecule has 1 heterocycles. The fraction of sp³-hybridized carbons (Fsp3) is 0.455. The Kier molecular flexibility index (Phi) is 5.73. The van der Waals surface area contributed by atoms with Gasteiger partial charge in [-0.15, -0.1) is 0 Å². The highest BCUT2D eigenvalue weighted by molar-refractivity contribution is 7.89. The molecular formula is C11H16N2O4S. The van der Waals surface area contributed by atoms with E-state index in [2.05, 4.69) is 9.71 Å². The number of nitrogens with zero attached hydrogens (tertiary/aromatic N) is 1. The second kappa shape index (κ2) is 7.07. The number of rotatable bonds is 7. The molecule has 18 heavy (non-hydrogen) atoms. The van der Waals surface area contributed by atoms with Gasteiger partial charge in [-0.05, 0) is 25.5 Å². The van der Waals surface area contributed by atoms with Crippen LogP contribution in [-0.4, -0.2) is 32.5 Å². The Morgan fingerprint density at radius 1 is 1.50 bits per heavy atom. The fourth-order valence-corrected chi connectivity index (χ4v) is 2.30. The molecule has 0 aliphatic heterocycles. The number of esters is 1. The zero-order valence-corrected chi connectivity index (χ0v) is 10.9. The summed E-state index contributed by atoms with van der Waals surface area (Å²) < 4.78 is 30.6. The monoisotopic (exact) mass is 272 g/mol. The Morgan fingerprint density at radius 3 is 2.89 bits per heavy atom. The average Bonchev–Trinajstić information content (AvgIpc) is 2.36. The zero-order valence-electron chi connectivity index (χ0n) is 10.1. The molecule has 0 radical (unpaired) electrons. The van der Waals surface area contributed by atoms with E-state index in [9.17, 15) is 13.2 Å². The minimum absolute atomic E-state index is 0.112. The average molecular weight is 272 g/mol. The van der Waals surface area contributed by atoms with E-state index in [0.29, 0.717) is 13.0 Å². The van der Waals surface area contributed by atoms with Gasteiger partial charge < -0.3 is 4.74 Å². The molecule has 1 N–H and O–H groups in total. The van der Waals surface area contributed by atoms with Gasteiger partial charge in [-0.1, -0.05) is 0 Å². The normalized spacial score (nSPS) is 11.2. The third-order valence-corrected chi connectivity index (χ3v) is 3.55. The predicted octanol–water partition coefficient (Wildman–Crippen LogP) is 0.703. The molecule has 0 atom stereocenters. The van der Waals surface area contributed by atoms with Crippen LogP contribution in [0.3, 0.4) is 0 Å². The van der Waals surface area contributed by atoms with Crippen LogP contribution >= 0.6 is 0 Å². The minimum atomic E-state index is -3.54. The molecule has 0 saturated carbocycles. The lowest BCUT2D eigenvalue weighted by Gasteiger charge is -2.06. The van der Waals surface area contributed by atoms with Gasteiger partial charge >= 0.3 is 5.97 Å². The van der Waals surface area contributed by atoms with Crippen molar-refractivity contribution in [1.29, 1.82) is 0 Å². The Balaban J connectivity index is 2.37. The van der Waals surface area contributed by atoms with Crippen LogP contribution < -0.4 is 4.72 Å². The third-order valence-electron chi connectivity index (χ3n) is 2.10. The lowest BCUT2D eigenvalue weighted by molar-refractivity contribution is -0.143. The number of aromatic nitrogens is 1. The molecule has 0 aliphatic rings. The SMILES string of the molecule is CCOC(=O)CCCNS(=O)(=O)c1cccnc1. The smallest absolute Gasteiger partial charge is 0.305 e. The van der Waals surface area contributed by atoms with Crippen LogP contribution in [0.2, 0.25) is 0 Å². The van der Waals surface area contributed by atoms with Crippen molar-refractivity contribution in [2.45, 2.75) is 24.7 Å². The summed E-state index contributed by atoms with van der Waals surface area (Å²) in [6, 6.07) is 3.01. The molecule has 6 nitrogen and oxygen atoms in total. The first kappa shape index (κ1) is 14.6. The van der Waals surface area contributed by atoms with Gasteiger partial charge in [0.15, 0.2) is 0 Å². The zero-order chi connectivity index (χ0) is 13.4. The summed E-state index contributed by atoms with van der Waals surface area (Å²) in [7, 11) is -3.54. The van der Waals surface area contributed by atoms with Gasteiger partial charge in [-0.25, -0.2) is 13.1 Å². The van der Waals surface area contributed by atoms with Gasteiger partial charge in [-0.3, -0.25) is 9.78 Å². The highest BCUT2D eigenvalue weighted by atomic mass is 32.2. The maximum absolute atomic E-state index is 11.7. The van der Waals surface area contributed by atoms with Crippen molar-refractivity contribution in [3.05, 3.63) is 24.5 Å². The van der Waals surface area contributed by atoms with Crippen LogP contribution in [0.25, 0.3) is 0 Å². The molecule has 0 amide bonds. The van der Waals surface area contributed by atoms with E-state index in [1.54, 1.807) is 13.0 Å². The van der Waals surface area contributed by atoms with Gasteiger partial charge in [0.2, 0.25) is 10.0 Å². The molecular weight excluding hydrogens is 256 g/mol. The van der Waals surface area contributed by atoms with E-state index in [4.69, 9.17) is 4.74 Å². The minimum Gasteiger partial charge on any atom is -0.466 e. The van der Waals surface area contributed by atoms with E-state index in [-0.39, 0.29) is 23.8 Å². The standard InChI is InChI=1S/C11H16N2O4S/c1-2-17-11(14)6-4-8-13-18(15,16)10-5-3-7-12-9-10/h3,5,7,9,13H,2,4,6,8H2,1H3. The van der Waals surface area contributed by atoms with E-state index in [1.807, 2.05) is 0 Å². The molecule has 0 saturated heterocycles. The van der Waals surface area contributed by atoms with Crippen LogP contribution in [0.5, 0.6) is 0 Å². The molecule has 0 bridgehead atoms. The summed E-state index contributed by atoms with van der Waals surface area (Å²) in [6.45, 7) is 2.25. The van der Waals surface area contributed by atoms with Crippen LogP contribution in [0.15, 0.2) is 29.4 Å². The van der Waals surface area contributed by atoms with Crippen LogP contribution in [0, 0.1) is 0 Å². The molecule has 1 aromatic rings. The number of hydrogen-bond donors (Lipinski definition) is 1. The summed E-state index contributed by atoms with van der Waals surface area (Å²) in [6.07, 6.45) is 3.37. The van der Waals surface area contributed by atoms with Gasteiger partial charge in [0.25, 0.3) is 0 Å². The molecule has 0 aromatic carbocycles. The summed E-state index contributed by atoms with van der Waals surface area (Å²) in [5, 5.41) is 0. The third kappa shape index (κ3) is 4.80. The molecule has 0 spiro atoms. The Labute approximate surface area is 106 Å². The van der Waals surface area contributed by atoms with Gasteiger partial charge in [-0.2, -0.15) is 0 Å². The number of sulfonamides is 1. The van der Waals surface area contributed by atoms with Crippen molar-refractivity contribution in [3.63, 3.8) is 0 Å². The molecule has 1 aromatic heterocycles. The van der Waals surface area contributed by atoms with E-state index >= 15 is 0 Å². The first-order valence-corrected chi connectivity index (χ1v) is 7.10. The molecule has 100 valence electrons. The van der Waals surface area contributed by atoms with Crippen LogP contribution in [0.4, 0.5) is 0 Å². The first-order valence-electron chi connectivity index (χ1n) is 5.61. The number of carbonyl (C=O) groups excluding carboxylic acids is 1. The van der Waals surface area contributed by atoms with Crippen molar-refractivity contribution in [3.8, 4) is 0 Å². The molecule has 0 aliphatic carbocycles. The number of hydrogen-bond acceptors (Lipinski definition) is 5. The number of pyridine rings is 1. The maximum Gasteiger partial charge on any atom is 0.305 e. The lowest BCUT2D eigenvalue weighted by Crippen LogP contribution is -2.25. The summed E-state index contributed by atoms with van der Waals surface area (Å²) >= 11 is 0. The van der Waals surface area contributed by atoms with Crippen molar-refractivity contribution in [2.75, 3.05) is 13.2 Å². The molecule has 7 heteroatoms. The van der Waals surface area contributed by atoms with Gasteiger partial charge in [0.1, 0.15) is 4.90 Å². The van der Waals surface area contributed by atoms with Crippen LogP contribution in [0.1, 0.15) is 19.8 Å². The van der Waals surface area contributed by atoms with Gasteiger partial charge in [0, 0.05) is 25.4 Å². The second-order valence-corrected chi connectivity index (χ2v) is 5.26.